The van der Waals surface area contributed by atoms with Crippen LogP contribution in [0.1, 0.15) is 24.3 Å². The Morgan fingerprint density at radius 2 is 2.25 bits per heavy atom. The molecule has 1 atom stereocenters. The molecular weight excluding hydrogens is 254 g/mol. The van der Waals surface area contributed by atoms with Crippen LogP contribution < -0.4 is 5.32 Å². The maximum Gasteiger partial charge on any atom is 0.143 e. The molecule has 0 bridgehead atoms. The Bertz CT molecular complexity index is 648. The van der Waals surface area contributed by atoms with Crippen LogP contribution in [0.25, 0.3) is 5.69 Å². The molecule has 0 saturated carbocycles. The number of nitrogens with zero attached hydrogens (tertiary/aromatic N) is 4. The molecule has 3 aromatic rings. The van der Waals surface area contributed by atoms with Crippen LogP contribution >= 0.6 is 0 Å². The predicted molar refractivity (Wildman–Crippen MR) is 73.1 cm³/mol. The van der Waals surface area contributed by atoms with Gasteiger partial charge in [-0.25, -0.2) is 4.68 Å². The third-order valence-corrected chi connectivity index (χ3v) is 3.15. The molecule has 0 amide bonds. The standard InChI is InChI=1S/C14H15N5O/c1-11(15-9-14-6-3-7-20-14)12-4-2-5-13(8-12)19-10-16-17-18-19/h2-8,10-11,15H,9H2,1H3. The minimum atomic E-state index is 0.205. The molecule has 0 saturated heterocycles. The molecule has 2 heterocycles. The summed E-state index contributed by atoms with van der Waals surface area (Å²) < 4.78 is 6.95. The van der Waals surface area contributed by atoms with Crippen molar-refractivity contribution in [3.8, 4) is 5.69 Å². The SMILES string of the molecule is CC(NCc1ccco1)c1cccc(-n2cnnn2)c1. The van der Waals surface area contributed by atoms with Crippen molar-refractivity contribution < 1.29 is 4.42 Å². The Morgan fingerprint density at radius 1 is 1.30 bits per heavy atom. The van der Waals surface area contributed by atoms with Gasteiger partial charge in [0.05, 0.1) is 18.5 Å². The largest absolute Gasteiger partial charge is 0.468 e. The Labute approximate surface area is 116 Å². The number of nitrogens with one attached hydrogen (secondary N) is 1. The molecular formula is C14H15N5O. The minimum absolute atomic E-state index is 0.205. The molecule has 0 radical (unpaired) electrons. The molecule has 3 rings (SSSR count). The van der Waals surface area contributed by atoms with E-state index in [4.69, 9.17) is 4.42 Å². The summed E-state index contributed by atoms with van der Waals surface area (Å²) in [5.74, 6) is 0.925. The van der Waals surface area contributed by atoms with Gasteiger partial charge in [0.25, 0.3) is 0 Å². The summed E-state index contributed by atoms with van der Waals surface area (Å²) >= 11 is 0. The lowest BCUT2D eigenvalue weighted by atomic mass is 10.1. The lowest BCUT2D eigenvalue weighted by Crippen LogP contribution is -2.17. The fourth-order valence-electron chi connectivity index (χ4n) is 2.00. The zero-order valence-electron chi connectivity index (χ0n) is 11.1. The van der Waals surface area contributed by atoms with Gasteiger partial charge in [0.1, 0.15) is 12.1 Å². The third kappa shape index (κ3) is 2.75. The summed E-state index contributed by atoms with van der Waals surface area (Å²) in [6, 6.07) is 12.2. The average molecular weight is 269 g/mol. The van der Waals surface area contributed by atoms with E-state index in [0.717, 1.165) is 11.4 Å². The Kier molecular flexibility index (Phi) is 3.56. The van der Waals surface area contributed by atoms with Crippen LogP contribution in [-0.4, -0.2) is 20.2 Å². The molecule has 6 nitrogen and oxygen atoms in total. The first-order valence-electron chi connectivity index (χ1n) is 6.42. The van der Waals surface area contributed by atoms with E-state index < -0.39 is 0 Å². The number of aromatic nitrogens is 4. The maximum atomic E-state index is 5.31. The number of rotatable bonds is 5. The van der Waals surface area contributed by atoms with Gasteiger partial charge in [-0.05, 0) is 47.2 Å². The summed E-state index contributed by atoms with van der Waals surface area (Å²) in [5.41, 5.74) is 2.11. The van der Waals surface area contributed by atoms with Gasteiger partial charge in [-0.3, -0.25) is 0 Å². The number of hydrogen-bond donors (Lipinski definition) is 1. The molecule has 102 valence electrons. The van der Waals surface area contributed by atoms with E-state index >= 15 is 0 Å². The molecule has 0 aliphatic heterocycles. The Balaban J connectivity index is 1.71. The van der Waals surface area contributed by atoms with E-state index in [1.54, 1.807) is 17.3 Å². The Hall–Kier alpha value is -2.47. The molecule has 20 heavy (non-hydrogen) atoms. The van der Waals surface area contributed by atoms with Gasteiger partial charge in [-0.1, -0.05) is 12.1 Å². The van der Waals surface area contributed by atoms with Gasteiger partial charge >= 0.3 is 0 Å². The quantitative estimate of drug-likeness (QED) is 0.768. The number of tetrazole rings is 1. The number of hydrogen-bond acceptors (Lipinski definition) is 5. The highest BCUT2D eigenvalue weighted by atomic mass is 16.3. The van der Waals surface area contributed by atoms with E-state index in [1.165, 1.54) is 5.56 Å². The smallest absolute Gasteiger partial charge is 0.143 e. The monoisotopic (exact) mass is 269 g/mol. The molecule has 0 aliphatic rings. The van der Waals surface area contributed by atoms with Gasteiger partial charge in [-0.15, -0.1) is 5.10 Å². The van der Waals surface area contributed by atoms with Crippen LogP contribution in [0.3, 0.4) is 0 Å². The highest BCUT2D eigenvalue weighted by molar-refractivity contribution is 5.35. The fourth-order valence-corrected chi connectivity index (χ4v) is 2.00. The van der Waals surface area contributed by atoms with E-state index in [2.05, 4.69) is 39.9 Å². The highest BCUT2D eigenvalue weighted by Gasteiger charge is 2.07. The lowest BCUT2D eigenvalue weighted by molar-refractivity contribution is 0.460. The summed E-state index contributed by atoms with van der Waals surface area (Å²) in [4.78, 5) is 0. The first kappa shape index (κ1) is 12.6. The van der Waals surface area contributed by atoms with Crippen molar-refractivity contribution in [2.24, 2.45) is 0 Å². The van der Waals surface area contributed by atoms with Gasteiger partial charge in [0, 0.05) is 6.04 Å². The van der Waals surface area contributed by atoms with E-state index in [-0.39, 0.29) is 6.04 Å². The number of benzene rings is 1. The van der Waals surface area contributed by atoms with Crippen molar-refractivity contribution in [3.05, 3.63) is 60.3 Å². The summed E-state index contributed by atoms with van der Waals surface area (Å²) in [6.07, 6.45) is 3.26. The summed E-state index contributed by atoms with van der Waals surface area (Å²) in [7, 11) is 0. The van der Waals surface area contributed by atoms with Crippen LogP contribution in [-0.2, 0) is 6.54 Å². The highest BCUT2D eigenvalue weighted by Crippen LogP contribution is 2.16. The first-order valence-corrected chi connectivity index (χ1v) is 6.42. The van der Waals surface area contributed by atoms with E-state index in [0.29, 0.717) is 6.54 Å². The van der Waals surface area contributed by atoms with Crippen LogP contribution in [0.15, 0.2) is 53.4 Å². The van der Waals surface area contributed by atoms with Gasteiger partial charge < -0.3 is 9.73 Å². The van der Waals surface area contributed by atoms with Crippen molar-refractivity contribution in [1.29, 1.82) is 0 Å². The topological polar surface area (TPSA) is 68.8 Å². The fraction of sp³-hybridized carbons (Fsp3) is 0.214. The van der Waals surface area contributed by atoms with E-state index in [9.17, 15) is 0 Å². The Morgan fingerprint density at radius 3 is 3.00 bits per heavy atom. The minimum Gasteiger partial charge on any atom is -0.468 e. The molecule has 1 N–H and O–H groups in total. The summed E-state index contributed by atoms with van der Waals surface area (Å²) in [5, 5.41) is 14.6. The van der Waals surface area contributed by atoms with Crippen molar-refractivity contribution in [2.45, 2.75) is 19.5 Å². The molecule has 2 aromatic heterocycles. The third-order valence-electron chi connectivity index (χ3n) is 3.15. The molecule has 0 aliphatic carbocycles. The van der Waals surface area contributed by atoms with Gasteiger partial charge in [0.2, 0.25) is 0 Å². The lowest BCUT2D eigenvalue weighted by Gasteiger charge is -2.14. The molecule has 0 fully saturated rings. The van der Waals surface area contributed by atoms with Crippen molar-refractivity contribution in [2.75, 3.05) is 0 Å². The first-order chi connectivity index (χ1) is 9.83. The van der Waals surface area contributed by atoms with Crippen LogP contribution in [0, 0.1) is 0 Å². The molecule has 6 heteroatoms. The van der Waals surface area contributed by atoms with Gasteiger partial charge in [0.15, 0.2) is 0 Å². The van der Waals surface area contributed by atoms with Crippen molar-refractivity contribution in [1.82, 2.24) is 25.5 Å². The average Bonchev–Trinajstić information content (AvgIpc) is 3.18. The zero-order chi connectivity index (χ0) is 13.8. The predicted octanol–water partition coefficient (Wildman–Crippen LogP) is 2.11. The van der Waals surface area contributed by atoms with Crippen LogP contribution in [0.5, 0.6) is 0 Å². The van der Waals surface area contributed by atoms with Crippen LogP contribution in [0.2, 0.25) is 0 Å². The number of furan rings is 1. The summed E-state index contributed by atoms with van der Waals surface area (Å²) in [6.45, 7) is 2.81. The maximum absolute atomic E-state index is 5.31. The van der Waals surface area contributed by atoms with E-state index in [1.807, 2.05) is 24.3 Å². The molecule has 1 unspecified atom stereocenters. The molecule has 0 spiro atoms. The zero-order valence-corrected chi connectivity index (χ0v) is 11.1. The second-order valence-electron chi connectivity index (χ2n) is 4.53. The second-order valence-corrected chi connectivity index (χ2v) is 4.53. The normalized spacial score (nSPS) is 12.4. The van der Waals surface area contributed by atoms with Crippen molar-refractivity contribution in [3.63, 3.8) is 0 Å². The van der Waals surface area contributed by atoms with Crippen LogP contribution in [0.4, 0.5) is 0 Å². The second kappa shape index (κ2) is 5.66. The molecule has 1 aromatic carbocycles. The van der Waals surface area contributed by atoms with Gasteiger partial charge in [-0.2, -0.15) is 0 Å². The van der Waals surface area contributed by atoms with Crippen molar-refractivity contribution >= 4 is 0 Å².